The maximum atomic E-state index is 11.4. The highest BCUT2D eigenvalue weighted by Gasteiger charge is 2.15. The molecule has 0 aliphatic carbocycles. The molecule has 0 bridgehead atoms. The summed E-state index contributed by atoms with van der Waals surface area (Å²) >= 11 is 8.60. The molecule has 92 valence electrons. The Bertz CT molecular complexity index is 237. The first kappa shape index (κ1) is 13.7. The molecule has 1 fully saturated rings. The lowest BCUT2D eigenvalue weighted by molar-refractivity contribution is -0.122. The predicted octanol–water partition coefficient (Wildman–Crippen LogP) is 0.390. The molecule has 2 N–H and O–H groups in total. The summed E-state index contributed by atoms with van der Waals surface area (Å²) in [7, 11) is 0. The summed E-state index contributed by atoms with van der Waals surface area (Å²) in [5, 5.41) is 5.63. The largest absolute Gasteiger partial charge is 0.356 e. The van der Waals surface area contributed by atoms with E-state index < -0.39 is 0 Å². The Kier molecular flexibility index (Phi) is 6.05. The summed E-state index contributed by atoms with van der Waals surface area (Å²) in [5.74, 6) is -0.0946. The zero-order valence-electron chi connectivity index (χ0n) is 9.11. The van der Waals surface area contributed by atoms with E-state index in [0.717, 1.165) is 12.8 Å². The van der Waals surface area contributed by atoms with Gasteiger partial charge in [-0.25, -0.2) is 0 Å². The van der Waals surface area contributed by atoms with E-state index in [-0.39, 0.29) is 35.2 Å². The van der Waals surface area contributed by atoms with Crippen molar-refractivity contribution in [3.8, 4) is 0 Å². The van der Waals surface area contributed by atoms with Gasteiger partial charge in [0.25, 0.3) is 0 Å². The maximum Gasteiger partial charge on any atom is 0.221 e. The van der Waals surface area contributed by atoms with E-state index in [1.54, 1.807) is 0 Å². The van der Waals surface area contributed by atoms with E-state index in [2.05, 4.69) is 35.9 Å². The summed E-state index contributed by atoms with van der Waals surface area (Å²) in [6, 6.07) is 0. The lowest BCUT2D eigenvalue weighted by Crippen LogP contribution is -2.33. The van der Waals surface area contributed by atoms with E-state index in [4.69, 9.17) is 0 Å². The minimum Gasteiger partial charge on any atom is -0.356 e. The smallest absolute Gasteiger partial charge is 0.221 e. The molecule has 0 aromatic carbocycles. The number of hydrogen-bond acceptors (Lipinski definition) is 4. The van der Waals surface area contributed by atoms with Crippen LogP contribution in [0.4, 0.5) is 0 Å². The highest BCUT2D eigenvalue weighted by atomic mass is 32.1. The fourth-order valence-electron chi connectivity index (χ4n) is 1.55. The Morgan fingerprint density at radius 2 is 1.31 bits per heavy atom. The van der Waals surface area contributed by atoms with Crippen LogP contribution in [-0.2, 0) is 9.59 Å². The SMILES string of the molecule is O=C1CC(S)CC(=O)NCCC(S)CCN1. The molecular formula is C10H18N2O2S2. The normalized spacial score (nSPS) is 29.6. The Labute approximate surface area is 107 Å². The van der Waals surface area contributed by atoms with Crippen LogP contribution in [-0.4, -0.2) is 35.4 Å². The number of thiol groups is 2. The summed E-state index contributed by atoms with van der Waals surface area (Å²) in [6.07, 6.45) is 2.21. The number of carbonyl (C=O) groups excluding carboxylic acids is 2. The average molecular weight is 262 g/mol. The molecule has 1 rings (SSSR count). The van der Waals surface area contributed by atoms with Crippen molar-refractivity contribution in [3.05, 3.63) is 0 Å². The molecule has 0 aromatic rings. The summed E-state index contributed by atoms with van der Waals surface area (Å²) in [5.41, 5.74) is 0. The molecule has 0 atom stereocenters. The van der Waals surface area contributed by atoms with Crippen LogP contribution in [0.3, 0.4) is 0 Å². The summed E-state index contributed by atoms with van der Waals surface area (Å²) < 4.78 is 0. The molecule has 1 aliphatic heterocycles. The van der Waals surface area contributed by atoms with E-state index >= 15 is 0 Å². The van der Waals surface area contributed by atoms with Gasteiger partial charge in [0.2, 0.25) is 11.8 Å². The zero-order chi connectivity index (χ0) is 12.0. The van der Waals surface area contributed by atoms with Gasteiger partial charge in [0.15, 0.2) is 0 Å². The van der Waals surface area contributed by atoms with Gasteiger partial charge in [-0.2, -0.15) is 25.3 Å². The number of nitrogens with one attached hydrogen (secondary N) is 2. The minimum atomic E-state index is -0.203. The van der Waals surface area contributed by atoms with Gasteiger partial charge in [0.05, 0.1) is 0 Å². The molecule has 1 saturated heterocycles. The molecule has 2 amide bonds. The fourth-order valence-corrected chi connectivity index (χ4v) is 2.14. The van der Waals surface area contributed by atoms with Gasteiger partial charge in [-0.3, -0.25) is 9.59 Å². The molecule has 16 heavy (non-hydrogen) atoms. The van der Waals surface area contributed by atoms with Crippen molar-refractivity contribution in [1.82, 2.24) is 10.6 Å². The molecule has 0 saturated carbocycles. The Morgan fingerprint density at radius 3 is 1.75 bits per heavy atom. The molecular weight excluding hydrogens is 244 g/mol. The van der Waals surface area contributed by atoms with Gasteiger partial charge in [-0.05, 0) is 12.8 Å². The number of hydrogen-bond donors (Lipinski definition) is 4. The van der Waals surface area contributed by atoms with Gasteiger partial charge in [0, 0.05) is 36.4 Å². The summed E-state index contributed by atoms with van der Waals surface area (Å²) in [6.45, 7) is 1.28. The van der Waals surface area contributed by atoms with Gasteiger partial charge >= 0.3 is 0 Å². The lowest BCUT2D eigenvalue weighted by atomic mass is 10.1. The van der Waals surface area contributed by atoms with E-state index in [1.807, 2.05) is 0 Å². The van der Waals surface area contributed by atoms with Crippen LogP contribution >= 0.6 is 25.3 Å². The summed E-state index contributed by atoms with van der Waals surface area (Å²) in [4.78, 5) is 22.8. The first-order valence-electron chi connectivity index (χ1n) is 5.47. The molecule has 6 heteroatoms. The van der Waals surface area contributed by atoms with E-state index in [0.29, 0.717) is 13.1 Å². The third-order valence-corrected chi connectivity index (χ3v) is 3.32. The van der Waals surface area contributed by atoms with Crippen molar-refractivity contribution in [3.63, 3.8) is 0 Å². The molecule has 4 nitrogen and oxygen atoms in total. The van der Waals surface area contributed by atoms with E-state index in [1.165, 1.54) is 0 Å². The molecule has 0 spiro atoms. The lowest BCUT2D eigenvalue weighted by Gasteiger charge is -2.16. The first-order chi connectivity index (χ1) is 7.58. The molecule has 0 aromatic heterocycles. The average Bonchev–Trinajstić information content (AvgIpc) is 2.15. The van der Waals surface area contributed by atoms with Crippen molar-refractivity contribution in [2.45, 2.75) is 36.2 Å². The van der Waals surface area contributed by atoms with Gasteiger partial charge in [0.1, 0.15) is 0 Å². The Balaban J connectivity index is 2.47. The topological polar surface area (TPSA) is 58.2 Å². The first-order valence-corrected chi connectivity index (χ1v) is 6.50. The second kappa shape index (κ2) is 7.06. The molecule has 1 aliphatic rings. The fraction of sp³-hybridized carbons (Fsp3) is 0.800. The van der Waals surface area contributed by atoms with Crippen molar-refractivity contribution in [2.75, 3.05) is 13.1 Å². The number of rotatable bonds is 0. The Hall–Kier alpha value is -0.360. The highest BCUT2D eigenvalue weighted by molar-refractivity contribution is 7.81. The van der Waals surface area contributed by atoms with Crippen LogP contribution in [0.25, 0.3) is 0 Å². The molecule has 0 unspecified atom stereocenters. The Morgan fingerprint density at radius 1 is 0.875 bits per heavy atom. The van der Waals surface area contributed by atoms with Crippen LogP contribution in [0, 0.1) is 0 Å². The van der Waals surface area contributed by atoms with Crippen molar-refractivity contribution < 1.29 is 9.59 Å². The van der Waals surface area contributed by atoms with Crippen LogP contribution in [0.2, 0.25) is 0 Å². The second-order valence-corrected chi connectivity index (χ2v) is 5.45. The second-order valence-electron chi connectivity index (χ2n) is 3.99. The van der Waals surface area contributed by atoms with Gasteiger partial charge in [-0.1, -0.05) is 0 Å². The molecule has 0 radical (unpaired) electrons. The van der Waals surface area contributed by atoms with Gasteiger partial charge in [-0.15, -0.1) is 0 Å². The van der Waals surface area contributed by atoms with Crippen LogP contribution in [0.15, 0.2) is 0 Å². The van der Waals surface area contributed by atoms with Crippen molar-refractivity contribution in [1.29, 1.82) is 0 Å². The third-order valence-electron chi connectivity index (χ3n) is 2.44. The number of carbonyl (C=O) groups is 2. The molecule has 1 heterocycles. The quantitative estimate of drug-likeness (QED) is 0.477. The number of amides is 2. The van der Waals surface area contributed by atoms with Crippen molar-refractivity contribution in [2.24, 2.45) is 0 Å². The standard InChI is InChI=1S/C10H18N2O2S2/c13-9-5-8(16)6-10(14)12-4-2-7(15)1-3-11-9/h7-8,15-16H,1-6H2,(H,11,13)(H,12,14). The third kappa shape index (κ3) is 5.65. The van der Waals surface area contributed by atoms with Gasteiger partial charge < -0.3 is 10.6 Å². The van der Waals surface area contributed by atoms with Crippen LogP contribution in [0.5, 0.6) is 0 Å². The highest BCUT2D eigenvalue weighted by Crippen LogP contribution is 2.09. The maximum absolute atomic E-state index is 11.4. The van der Waals surface area contributed by atoms with E-state index in [9.17, 15) is 9.59 Å². The monoisotopic (exact) mass is 262 g/mol. The van der Waals surface area contributed by atoms with Crippen LogP contribution in [0.1, 0.15) is 25.7 Å². The van der Waals surface area contributed by atoms with Crippen molar-refractivity contribution >= 4 is 37.1 Å². The zero-order valence-corrected chi connectivity index (χ0v) is 10.9. The van der Waals surface area contributed by atoms with Crippen LogP contribution < -0.4 is 10.6 Å². The predicted molar refractivity (Wildman–Crippen MR) is 70.0 cm³/mol. The minimum absolute atomic E-state index is 0.0473.